The third-order valence-corrected chi connectivity index (χ3v) is 6.66. The molecule has 0 unspecified atom stereocenters. The van der Waals surface area contributed by atoms with E-state index in [4.69, 9.17) is 0 Å². The van der Waals surface area contributed by atoms with Gasteiger partial charge in [-0.15, -0.1) is 11.8 Å². The molecule has 1 saturated carbocycles. The first-order chi connectivity index (χ1) is 11.9. The van der Waals surface area contributed by atoms with E-state index >= 15 is 0 Å². The fourth-order valence-corrected chi connectivity index (χ4v) is 4.15. The average Bonchev–Trinajstić information content (AvgIpc) is 3.25. The first-order valence-corrected chi connectivity index (χ1v) is 11.3. The van der Waals surface area contributed by atoms with Crippen molar-refractivity contribution in [3.8, 4) is 0 Å². The summed E-state index contributed by atoms with van der Waals surface area (Å²) in [6, 6.07) is 12.0. The molecule has 3 nitrogen and oxygen atoms in total. The van der Waals surface area contributed by atoms with E-state index in [9.17, 15) is 8.42 Å². The standard InChI is InChI=1S/C20H19NO2S2/c1-24-15-5-3-14(4-6-15)17-11-20(9-10-20)12-18(17)19-8-7-16(13-21-19)25(2,22)23/h3-8,11-13H,9-10H2,1-2H3. The lowest BCUT2D eigenvalue weighted by atomic mass is 9.98. The Balaban J connectivity index is 1.73. The second-order valence-corrected chi connectivity index (χ2v) is 9.62. The van der Waals surface area contributed by atoms with Crippen LogP contribution in [0.2, 0.25) is 0 Å². The number of rotatable bonds is 4. The van der Waals surface area contributed by atoms with Crippen molar-refractivity contribution in [2.45, 2.75) is 22.6 Å². The summed E-state index contributed by atoms with van der Waals surface area (Å²) in [4.78, 5) is 5.93. The molecule has 2 aliphatic rings. The largest absolute Gasteiger partial charge is 0.255 e. The van der Waals surface area contributed by atoms with Crippen molar-refractivity contribution in [3.63, 3.8) is 0 Å². The first-order valence-electron chi connectivity index (χ1n) is 8.17. The summed E-state index contributed by atoms with van der Waals surface area (Å²) in [5.74, 6) is 0. The minimum absolute atomic E-state index is 0.181. The van der Waals surface area contributed by atoms with E-state index in [-0.39, 0.29) is 10.3 Å². The number of benzene rings is 1. The van der Waals surface area contributed by atoms with Crippen LogP contribution in [0, 0.1) is 5.41 Å². The number of hydrogen-bond acceptors (Lipinski definition) is 4. The summed E-state index contributed by atoms with van der Waals surface area (Å²) in [5.41, 5.74) is 4.50. The summed E-state index contributed by atoms with van der Waals surface area (Å²) in [7, 11) is -3.23. The Morgan fingerprint density at radius 1 is 1.00 bits per heavy atom. The molecule has 25 heavy (non-hydrogen) atoms. The zero-order valence-corrected chi connectivity index (χ0v) is 15.8. The lowest BCUT2D eigenvalue weighted by Gasteiger charge is -2.10. The maximum Gasteiger partial charge on any atom is 0.177 e. The summed E-state index contributed by atoms with van der Waals surface area (Å²) < 4.78 is 23.3. The second kappa shape index (κ2) is 5.85. The SMILES string of the molecule is CSc1ccc(C2=CC3(C=C2c2ccc(S(C)(=O)=O)cn2)CC3)cc1. The minimum Gasteiger partial charge on any atom is -0.255 e. The highest BCUT2D eigenvalue weighted by Gasteiger charge is 2.43. The zero-order chi connectivity index (χ0) is 17.7. The van der Waals surface area contributed by atoms with Gasteiger partial charge in [-0.05, 0) is 54.5 Å². The van der Waals surface area contributed by atoms with Crippen LogP contribution in [0.15, 0.2) is 64.5 Å². The molecule has 128 valence electrons. The molecule has 0 saturated heterocycles. The number of hydrogen-bond donors (Lipinski definition) is 0. The van der Waals surface area contributed by atoms with Crippen LogP contribution in [0.25, 0.3) is 11.1 Å². The van der Waals surface area contributed by atoms with Crippen molar-refractivity contribution in [1.29, 1.82) is 0 Å². The topological polar surface area (TPSA) is 47.0 Å². The molecule has 2 aromatic rings. The van der Waals surface area contributed by atoms with Crippen molar-refractivity contribution < 1.29 is 8.42 Å². The van der Waals surface area contributed by atoms with Gasteiger partial charge in [0.15, 0.2) is 9.84 Å². The summed E-state index contributed by atoms with van der Waals surface area (Å²) >= 11 is 1.73. The number of sulfone groups is 1. The molecule has 0 amide bonds. The lowest BCUT2D eigenvalue weighted by Crippen LogP contribution is -1.99. The van der Waals surface area contributed by atoms with Crippen molar-refractivity contribution in [1.82, 2.24) is 4.98 Å². The van der Waals surface area contributed by atoms with Crippen LogP contribution >= 0.6 is 11.8 Å². The number of nitrogens with zero attached hydrogens (tertiary/aromatic N) is 1. The number of aromatic nitrogens is 1. The van der Waals surface area contributed by atoms with Gasteiger partial charge in [-0.1, -0.05) is 24.3 Å². The number of pyridine rings is 1. The third-order valence-electron chi connectivity index (χ3n) is 4.82. The molecule has 5 heteroatoms. The average molecular weight is 370 g/mol. The Hall–Kier alpha value is -1.85. The molecule has 1 heterocycles. The summed E-state index contributed by atoms with van der Waals surface area (Å²) in [5, 5.41) is 0. The van der Waals surface area contributed by atoms with Gasteiger partial charge < -0.3 is 0 Å². The summed E-state index contributed by atoms with van der Waals surface area (Å²) in [6.07, 6.45) is 11.7. The fraction of sp³-hybridized carbons (Fsp3) is 0.250. The molecule has 1 fully saturated rings. The molecule has 1 aromatic heterocycles. The van der Waals surface area contributed by atoms with Crippen molar-refractivity contribution in [2.24, 2.45) is 5.41 Å². The molecule has 4 rings (SSSR count). The van der Waals surface area contributed by atoms with Gasteiger partial charge in [-0.2, -0.15) is 0 Å². The maximum atomic E-state index is 11.7. The normalized spacial score (nSPS) is 18.2. The van der Waals surface area contributed by atoms with E-state index < -0.39 is 9.84 Å². The highest BCUT2D eigenvalue weighted by molar-refractivity contribution is 7.98. The van der Waals surface area contributed by atoms with Crippen molar-refractivity contribution in [2.75, 3.05) is 12.5 Å². The van der Waals surface area contributed by atoms with Gasteiger partial charge in [-0.25, -0.2) is 8.42 Å². The Morgan fingerprint density at radius 3 is 2.20 bits per heavy atom. The number of allylic oxidation sites excluding steroid dienone is 4. The van der Waals surface area contributed by atoms with E-state index in [2.05, 4.69) is 47.7 Å². The van der Waals surface area contributed by atoms with Crippen LogP contribution in [-0.4, -0.2) is 25.9 Å². The molecule has 0 aliphatic heterocycles. The van der Waals surface area contributed by atoms with Gasteiger partial charge in [-0.3, -0.25) is 4.98 Å². The van der Waals surface area contributed by atoms with E-state index in [1.807, 2.05) is 6.07 Å². The van der Waals surface area contributed by atoms with Crippen LogP contribution in [0.3, 0.4) is 0 Å². The molecule has 0 atom stereocenters. The number of thioether (sulfide) groups is 1. The molecule has 1 aromatic carbocycles. The molecule has 2 aliphatic carbocycles. The molecule has 0 radical (unpaired) electrons. The second-order valence-electron chi connectivity index (χ2n) is 6.73. The molecular weight excluding hydrogens is 350 g/mol. The summed E-state index contributed by atoms with van der Waals surface area (Å²) in [6.45, 7) is 0. The highest BCUT2D eigenvalue weighted by atomic mass is 32.2. The van der Waals surface area contributed by atoms with E-state index in [0.29, 0.717) is 0 Å². The van der Waals surface area contributed by atoms with E-state index in [0.717, 1.165) is 11.3 Å². The Labute approximate surface area is 152 Å². The zero-order valence-electron chi connectivity index (χ0n) is 14.2. The van der Waals surface area contributed by atoms with Crippen LogP contribution < -0.4 is 0 Å². The molecule has 0 N–H and O–H groups in total. The Morgan fingerprint density at radius 2 is 1.68 bits per heavy atom. The highest BCUT2D eigenvalue weighted by Crippen LogP contribution is 2.57. The van der Waals surface area contributed by atoms with E-state index in [1.54, 1.807) is 17.8 Å². The van der Waals surface area contributed by atoms with Gasteiger partial charge >= 0.3 is 0 Å². The lowest BCUT2D eigenvalue weighted by molar-refractivity contribution is 0.601. The predicted molar refractivity (Wildman–Crippen MR) is 103 cm³/mol. The van der Waals surface area contributed by atoms with Gasteiger partial charge in [0, 0.05) is 28.3 Å². The van der Waals surface area contributed by atoms with Crippen LogP contribution in [0.1, 0.15) is 24.1 Å². The van der Waals surface area contributed by atoms with Gasteiger partial charge in [0.1, 0.15) is 0 Å². The quantitative estimate of drug-likeness (QED) is 0.746. The van der Waals surface area contributed by atoms with E-state index in [1.165, 1.54) is 41.3 Å². The van der Waals surface area contributed by atoms with Crippen LogP contribution in [0.5, 0.6) is 0 Å². The van der Waals surface area contributed by atoms with Crippen molar-refractivity contribution >= 4 is 32.7 Å². The monoisotopic (exact) mass is 369 g/mol. The van der Waals surface area contributed by atoms with Crippen LogP contribution in [-0.2, 0) is 9.84 Å². The smallest absolute Gasteiger partial charge is 0.177 e. The van der Waals surface area contributed by atoms with Gasteiger partial charge in [0.2, 0.25) is 0 Å². The predicted octanol–water partition coefficient (Wildman–Crippen LogP) is 4.47. The minimum atomic E-state index is -3.23. The van der Waals surface area contributed by atoms with Gasteiger partial charge in [0.05, 0.1) is 10.6 Å². The molecular formula is C20H19NO2S2. The molecule has 0 bridgehead atoms. The fourth-order valence-electron chi connectivity index (χ4n) is 3.19. The first kappa shape index (κ1) is 16.6. The van der Waals surface area contributed by atoms with Gasteiger partial charge in [0.25, 0.3) is 0 Å². The van der Waals surface area contributed by atoms with Crippen molar-refractivity contribution in [3.05, 3.63) is 66.0 Å². The third kappa shape index (κ3) is 3.18. The van der Waals surface area contributed by atoms with Crippen LogP contribution in [0.4, 0.5) is 0 Å². The Bertz CT molecular complexity index is 981. The maximum absolute atomic E-state index is 11.7. The Kier molecular flexibility index (Phi) is 3.89. The molecule has 1 spiro atoms.